The summed E-state index contributed by atoms with van der Waals surface area (Å²) < 4.78 is 22.0. The van der Waals surface area contributed by atoms with Gasteiger partial charge in [-0.15, -0.1) is 5.10 Å². The third-order valence-electron chi connectivity index (χ3n) is 2.49. The van der Waals surface area contributed by atoms with Crippen LogP contribution in [-0.2, 0) is 9.05 Å². The largest absolute Gasteiger partial charge is 0.298 e. The fourth-order valence-corrected chi connectivity index (χ4v) is 2.10. The van der Waals surface area contributed by atoms with Crippen molar-refractivity contribution in [2.24, 2.45) is 0 Å². The molecule has 0 aromatic carbocycles. The molecule has 1 aromatic rings. The van der Waals surface area contributed by atoms with Crippen LogP contribution >= 0.6 is 10.7 Å². The Bertz CT molecular complexity index is 430. The van der Waals surface area contributed by atoms with Crippen LogP contribution in [0.4, 0.5) is 0 Å². The minimum atomic E-state index is -3.83. The van der Waals surface area contributed by atoms with Gasteiger partial charge in [-0.1, -0.05) is 26.7 Å². The third-order valence-corrected chi connectivity index (χ3v) is 3.52. The minimum Gasteiger partial charge on any atom is -0.262 e. The van der Waals surface area contributed by atoms with Crippen molar-refractivity contribution in [2.45, 2.75) is 50.6 Å². The van der Waals surface area contributed by atoms with E-state index in [2.05, 4.69) is 22.1 Å². The zero-order chi connectivity index (χ0) is 12.2. The van der Waals surface area contributed by atoms with Crippen LogP contribution in [0.5, 0.6) is 0 Å². The van der Waals surface area contributed by atoms with Gasteiger partial charge in [-0.05, 0) is 12.8 Å². The monoisotopic (exact) mass is 265 g/mol. The average Bonchev–Trinajstić information content (AvgIpc) is 2.68. The summed E-state index contributed by atoms with van der Waals surface area (Å²) in [7, 11) is 1.33. The van der Waals surface area contributed by atoms with Crippen molar-refractivity contribution in [2.75, 3.05) is 0 Å². The summed E-state index contributed by atoms with van der Waals surface area (Å²) >= 11 is 0. The summed E-state index contributed by atoms with van der Waals surface area (Å²) in [6, 6.07) is 0. The smallest absolute Gasteiger partial charge is 0.262 e. The molecule has 5 nitrogen and oxygen atoms in total. The maximum atomic E-state index is 11.0. The van der Waals surface area contributed by atoms with Crippen LogP contribution < -0.4 is 0 Å². The van der Waals surface area contributed by atoms with Crippen LogP contribution in [0.3, 0.4) is 0 Å². The fourth-order valence-electron chi connectivity index (χ4n) is 1.53. The molecule has 1 aromatic heterocycles. The van der Waals surface area contributed by atoms with Crippen LogP contribution in [0.2, 0.25) is 0 Å². The molecule has 0 aliphatic heterocycles. The van der Waals surface area contributed by atoms with E-state index in [9.17, 15) is 8.42 Å². The van der Waals surface area contributed by atoms with Gasteiger partial charge in [0.05, 0.1) is 0 Å². The van der Waals surface area contributed by atoms with E-state index in [-0.39, 0.29) is 11.1 Å². The van der Waals surface area contributed by atoms with Gasteiger partial charge in [0.2, 0.25) is 0 Å². The lowest BCUT2D eigenvalue weighted by Crippen LogP contribution is -2.00. The molecular weight excluding hydrogens is 250 g/mol. The number of rotatable bonds is 6. The van der Waals surface area contributed by atoms with Gasteiger partial charge in [-0.25, -0.2) is 13.4 Å². The van der Waals surface area contributed by atoms with Crippen molar-refractivity contribution in [3.63, 3.8) is 0 Å². The van der Waals surface area contributed by atoms with E-state index in [1.165, 1.54) is 0 Å². The quantitative estimate of drug-likeness (QED) is 0.802. The first-order chi connectivity index (χ1) is 7.49. The van der Waals surface area contributed by atoms with Gasteiger partial charge in [0.1, 0.15) is 5.82 Å². The summed E-state index contributed by atoms with van der Waals surface area (Å²) in [4.78, 5) is 3.92. The Balaban J connectivity index is 2.83. The molecule has 0 bridgehead atoms. The van der Waals surface area contributed by atoms with Crippen molar-refractivity contribution in [1.29, 1.82) is 0 Å². The Hall–Kier alpha value is -0.620. The Kier molecular flexibility index (Phi) is 4.73. The Morgan fingerprint density at radius 3 is 2.56 bits per heavy atom. The van der Waals surface area contributed by atoms with Crippen LogP contribution in [0, 0.1) is 0 Å². The molecule has 1 atom stereocenters. The molecule has 7 heteroatoms. The minimum absolute atomic E-state index is 0.222. The molecule has 0 aliphatic carbocycles. The molecule has 0 saturated heterocycles. The molecule has 0 fully saturated rings. The van der Waals surface area contributed by atoms with E-state index in [1.54, 1.807) is 0 Å². The zero-order valence-electron chi connectivity index (χ0n) is 9.40. The standard InChI is InChI=1S/C9H16ClN3O2S/c1-3-5-6-7(4-2)8-11-9(13-12-8)16(10,14)15/h7H,3-6H2,1-2H3,(H,11,12,13). The van der Waals surface area contributed by atoms with Crippen molar-refractivity contribution in [1.82, 2.24) is 15.2 Å². The van der Waals surface area contributed by atoms with Gasteiger partial charge < -0.3 is 0 Å². The number of nitrogens with one attached hydrogen (secondary N) is 1. The van der Waals surface area contributed by atoms with Crippen molar-refractivity contribution >= 4 is 19.7 Å². The summed E-state index contributed by atoms with van der Waals surface area (Å²) in [6.45, 7) is 4.15. The summed E-state index contributed by atoms with van der Waals surface area (Å²) in [6.07, 6.45) is 4.06. The molecule has 1 heterocycles. The second-order valence-electron chi connectivity index (χ2n) is 3.69. The molecule has 16 heavy (non-hydrogen) atoms. The third kappa shape index (κ3) is 3.45. The van der Waals surface area contributed by atoms with Gasteiger partial charge in [-0.2, -0.15) is 0 Å². The molecule has 0 radical (unpaired) electrons. The number of hydrogen-bond donors (Lipinski definition) is 1. The van der Waals surface area contributed by atoms with E-state index < -0.39 is 9.05 Å². The number of aromatic amines is 1. The maximum Gasteiger partial charge on any atom is 0.298 e. The SMILES string of the molecule is CCCCC(CC)c1nc(S(=O)(=O)Cl)n[nH]1. The lowest BCUT2D eigenvalue weighted by atomic mass is 9.99. The molecule has 0 aliphatic rings. The summed E-state index contributed by atoms with van der Waals surface area (Å²) in [5, 5.41) is 5.92. The highest BCUT2D eigenvalue weighted by atomic mass is 35.7. The van der Waals surface area contributed by atoms with Gasteiger partial charge in [-0.3, -0.25) is 5.10 Å². The maximum absolute atomic E-state index is 11.0. The van der Waals surface area contributed by atoms with Crippen LogP contribution in [0.25, 0.3) is 0 Å². The van der Waals surface area contributed by atoms with Crippen LogP contribution in [0.1, 0.15) is 51.3 Å². The van der Waals surface area contributed by atoms with E-state index in [0.29, 0.717) is 5.82 Å². The van der Waals surface area contributed by atoms with Crippen LogP contribution in [-0.4, -0.2) is 23.6 Å². The van der Waals surface area contributed by atoms with Gasteiger partial charge in [0, 0.05) is 16.6 Å². The predicted octanol–water partition coefficient (Wildman–Crippen LogP) is 2.42. The highest BCUT2D eigenvalue weighted by Crippen LogP contribution is 2.23. The van der Waals surface area contributed by atoms with Crippen molar-refractivity contribution < 1.29 is 8.42 Å². The Labute approximate surface area is 100 Å². The second kappa shape index (κ2) is 5.63. The highest BCUT2D eigenvalue weighted by molar-refractivity contribution is 8.13. The van der Waals surface area contributed by atoms with E-state index in [1.807, 2.05) is 6.92 Å². The molecule has 1 rings (SSSR count). The Morgan fingerprint density at radius 2 is 2.12 bits per heavy atom. The summed E-state index contributed by atoms with van der Waals surface area (Å²) in [5.74, 6) is 0.829. The molecular formula is C9H16ClN3O2S. The lowest BCUT2D eigenvalue weighted by Gasteiger charge is -2.09. The lowest BCUT2D eigenvalue weighted by molar-refractivity contribution is 0.544. The molecule has 0 saturated carbocycles. The first kappa shape index (κ1) is 13.4. The van der Waals surface area contributed by atoms with Crippen molar-refractivity contribution in [3.05, 3.63) is 5.82 Å². The van der Waals surface area contributed by atoms with E-state index >= 15 is 0 Å². The first-order valence-electron chi connectivity index (χ1n) is 5.36. The van der Waals surface area contributed by atoms with E-state index in [0.717, 1.165) is 25.7 Å². The highest BCUT2D eigenvalue weighted by Gasteiger charge is 2.20. The predicted molar refractivity (Wildman–Crippen MR) is 62.0 cm³/mol. The second-order valence-corrected chi connectivity index (χ2v) is 6.15. The fraction of sp³-hybridized carbons (Fsp3) is 0.778. The number of hydrogen-bond acceptors (Lipinski definition) is 4. The molecule has 1 N–H and O–H groups in total. The van der Waals surface area contributed by atoms with Gasteiger partial charge >= 0.3 is 0 Å². The first-order valence-corrected chi connectivity index (χ1v) is 7.66. The topological polar surface area (TPSA) is 75.7 Å². The van der Waals surface area contributed by atoms with E-state index in [4.69, 9.17) is 10.7 Å². The molecule has 0 amide bonds. The molecule has 0 spiro atoms. The normalized spacial score (nSPS) is 13.9. The Morgan fingerprint density at radius 1 is 1.44 bits per heavy atom. The summed E-state index contributed by atoms with van der Waals surface area (Å²) in [5.41, 5.74) is 0. The van der Waals surface area contributed by atoms with Crippen LogP contribution in [0.15, 0.2) is 5.16 Å². The average molecular weight is 266 g/mol. The zero-order valence-corrected chi connectivity index (χ0v) is 11.0. The number of H-pyrrole nitrogens is 1. The number of halogens is 1. The van der Waals surface area contributed by atoms with Crippen molar-refractivity contribution in [3.8, 4) is 0 Å². The number of aromatic nitrogens is 3. The van der Waals surface area contributed by atoms with Gasteiger partial charge in [0.25, 0.3) is 14.2 Å². The number of unbranched alkanes of at least 4 members (excludes halogenated alkanes) is 1. The number of nitrogens with zero attached hydrogens (tertiary/aromatic N) is 2. The van der Waals surface area contributed by atoms with Gasteiger partial charge in [0.15, 0.2) is 0 Å². The molecule has 1 unspecified atom stereocenters. The molecule has 92 valence electrons.